The molecule has 3 atom stereocenters. The first-order chi connectivity index (χ1) is 15.3. The largest absolute Gasteiger partial charge is 0.378 e. The summed E-state index contributed by atoms with van der Waals surface area (Å²) in [6, 6.07) is 5.15. The summed E-state index contributed by atoms with van der Waals surface area (Å²) in [5.41, 5.74) is 0.275. The summed E-state index contributed by atoms with van der Waals surface area (Å²) in [5, 5.41) is 14.8. The molecule has 9 nitrogen and oxygen atoms in total. The molecule has 3 N–H and O–H groups in total. The summed E-state index contributed by atoms with van der Waals surface area (Å²) < 4.78 is 5.58. The molecule has 0 aliphatic carbocycles. The lowest BCUT2D eigenvalue weighted by molar-refractivity contribution is -0.134. The van der Waals surface area contributed by atoms with Crippen molar-refractivity contribution in [1.29, 1.82) is 5.41 Å². The van der Waals surface area contributed by atoms with Gasteiger partial charge in [0.2, 0.25) is 5.91 Å². The molecule has 4 rings (SSSR count). The van der Waals surface area contributed by atoms with Crippen LogP contribution in [-0.2, 0) is 15.1 Å². The lowest BCUT2D eigenvalue weighted by Crippen LogP contribution is -2.63. The van der Waals surface area contributed by atoms with E-state index in [2.05, 4.69) is 20.6 Å². The molecule has 32 heavy (non-hydrogen) atoms. The Morgan fingerprint density at radius 2 is 2.22 bits per heavy atom. The first-order valence-electron chi connectivity index (χ1n) is 10.5. The van der Waals surface area contributed by atoms with Crippen molar-refractivity contribution < 1.29 is 14.3 Å². The number of nitrogens with one attached hydrogen (secondary N) is 3. The van der Waals surface area contributed by atoms with E-state index in [-0.39, 0.29) is 36.1 Å². The number of rotatable bonds is 4. The molecular formula is C22H25ClN6O3. The summed E-state index contributed by atoms with van der Waals surface area (Å²) in [4.78, 5) is 35.1. The molecule has 0 saturated carbocycles. The zero-order chi connectivity index (χ0) is 22.9. The third-order valence-corrected chi connectivity index (χ3v) is 6.28. The molecule has 2 aromatic rings. The molecule has 168 valence electrons. The molecule has 3 heterocycles. The maximum absolute atomic E-state index is 13.1. The molecule has 0 radical (unpaired) electrons. The van der Waals surface area contributed by atoms with Gasteiger partial charge in [0.25, 0.3) is 5.91 Å². The van der Waals surface area contributed by atoms with Gasteiger partial charge in [-0.3, -0.25) is 24.9 Å². The van der Waals surface area contributed by atoms with Crippen LogP contribution in [0.3, 0.4) is 0 Å². The predicted molar refractivity (Wildman–Crippen MR) is 120 cm³/mol. The van der Waals surface area contributed by atoms with Crippen molar-refractivity contribution in [3.05, 3.63) is 53.1 Å². The van der Waals surface area contributed by atoms with Crippen molar-refractivity contribution in [3.8, 4) is 0 Å². The Morgan fingerprint density at radius 3 is 2.91 bits per heavy atom. The van der Waals surface area contributed by atoms with Crippen LogP contribution in [0.1, 0.15) is 49.2 Å². The minimum atomic E-state index is -0.897. The number of carbonyl (C=O) groups is 2. The number of anilines is 1. The number of nitrogens with zero attached hydrogens (tertiary/aromatic N) is 3. The van der Waals surface area contributed by atoms with E-state index < -0.39 is 11.4 Å². The van der Waals surface area contributed by atoms with E-state index in [1.165, 1.54) is 23.5 Å². The number of amides is 2. The monoisotopic (exact) mass is 456 g/mol. The third kappa shape index (κ3) is 4.31. The average molecular weight is 457 g/mol. The van der Waals surface area contributed by atoms with Gasteiger partial charge in [-0.2, -0.15) is 0 Å². The second-order valence-electron chi connectivity index (χ2n) is 8.32. The van der Waals surface area contributed by atoms with Crippen molar-refractivity contribution in [2.45, 2.75) is 50.8 Å². The molecule has 2 aliphatic rings. The zero-order valence-corrected chi connectivity index (χ0v) is 18.6. The van der Waals surface area contributed by atoms with Gasteiger partial charge in [0.15, 0.2) is 5.96 Å². The second kappa shape index (κ2) is 8.84. The smallest absolute Gasteiger partial charge is 0.275 e. The normalized spacial score (nSPS) is 25.9. The maximum atomic E-state index is 13.1. The quantitative estimate of drug-likeness (QED) is 0.650. The lowest BCUT2D eigenvalue weighted by Gasteiger charge is -2.45. The molecule has 1 aromatic heterocycles. The van der Waals surface area contributed by atoms with Gasteiger partial charge in [-0.1, -0.05) is 23.7 Å². The first kappa shape index (κ1) is 22.2. The minimum Gasteiger partial charge on any atom is -0.378 e. The van der Waals surface area contributed by atoms with E-state index in [1.54, 1.807) is 18.2 Å². The highest BCUT2D eigenvalue weighted by Gasteiger charge is 2.43. The molecule has 0 spiro atoms. The molecule has 1 aromatic carbocycles. The van der Waals surface area contributed by atoms with E-state index >= 15 is 0 Å². The standard InChI is InChI=1S/C22H25ClN6O3/c1-13-10-14(6-9-32-13)29-18(30)11-22(2,28-21(29)24)15-4-3-5-16(19(15)23)27-20(31)17-12-25-7-8-26-17/h3-5,7-8,12-14H,6,9-11H2,1-2H3,(H2,24,28)(H,27,31)/t13-,14-,22+/m1/s1. The lowest BCUT2D eigenvalue weighted by atomic mass is 9.85. The van der Waals surface area contributed by atoms with Crippen LogP contribution >= 0.6 is 11.6 Å². The Bertz CT molecular complexity index is 1030. The van der Waals surface area contributed by atoms with Crippen LogP contribution < -0.4 is 10.6 Å². The van der Waals surface area contributed by atoms with Crippen molar-refractivity contribution in [3.63, 3.8) is 0 Å². The molecule has 10 heteroatoms. The van der Waals surface area contributed by atoms with Crippen LogP contribution in [0.4, 0.5) is 5.69 Å². The van der Waals surface area contributed by atoms with Crippen LogP contribution in [0.25, 0.3) is 0 Å². The fourth-order valence-corrected chi connectivity index (χ4v) is 4.67. The summed E-state index contributed by atoms with van der Waals surface area (Å²) >= 11 is 6.66. The number of hydrogen-bond donors (Lipinski definition) is 3. The highest BCUT2D eigenvalue weighted by Crippen LogP contribution is 2.38. The van der Waals surface area contributed by atoms with E-state index in [4.69, 9.17) is 21.7 Å². The Balaban J connectivity index is 1.56. The Labute approximate surface area is 191 Å². The van der Waals surface area contributed by atoms with Gasteiger partial charge in [0, 0.05) is 25.0 Å². The van der Waals surface area contributed by atoms with Crippen LogP contribution in [0.15, 0.2) is 36.8 Å². The van der Waals surface area contributed by atoms with E-state index in [0.29, 0.717) is 35.7 Å². The van der Waals surface area contributed by atoms with Crippen LogP contribution in [0.5, 0.6) is 0 Å². The van der Waals surface area contributed by atoms with Gasteiger partial charge >= 0.3 is 0 Å². The predicted octanol–water partition coefficient (Wildman–Crippen LogP) is 2.92. The number of benzene rings is 1. The number of aromatic nitrogens is 2. The Hall–Kier alpha value is -3.04. The molecular weight excluding hydrogens is 432 g/mol. The van der Waals surface area contributed by atoms with Gasteiger partial charge in [-0.15, -0.1) is 0 Å². The van der Waals surface area contributed by atoms with E-state index in [0.717, 1.165) is 0 Å². The Morgan fingerprint density at radius 1 is 1.41 bits per heavy atom. The van der Waals surface area contributed by atoms with Crippen molar-refractivity contribution in [1.82, 2.24) is 20.2 Å². The highest BCUT2D eigenvalue weighted by atomic mass is 35.5. The molecule has 2 fully saturated rings. The first-order valence-corrected chi connectivity index (χ1v) is 10.8. The fourth-order valence-electron chi connectivity index (χ4n) is 4.29. The number of guanidine groups is 1. The number of hydrogen-bond acceptors (Lipinski definition) is 6. The summed E-state index contributed by atoms with van der Waals surface area (Å²) in [7, 11) is 0. The summed E-state index contributed by atoms with van der Waals surface area (Å²) in [5.74, 6) is -0.532. The van der Waals surface area contributed by atoms with Gasteiger partial charge in [0.05, 0.1) is 35.0 Å². The zero-order valence-electron chi connectivity index (χ0n) is 17.9. The molecule has 0 bridgehead atoms. The van der Waals surface area contributed by atoms with Crippen molar-refractivity contribution >= 4 is 35.1 Å². The average Bonchev–Trinajstić information content (AvgIpc) is 2.75. The molecule has 2 saturated heterocycles. The van der Waals surface area contributed by atoms with E-state index in [1.807, 2.05) is 13.8 Å². The van der Waals surface area contributed by atoms with Crippen LogP contribution in [0.2, 0.25) is 5.02 Å². The van der Waals surface area contributed by atoms with Crippen molar-refractivity contribution in [2.75, 3.05) is 11.9 Å². The third-order valence-electron chi connectivity index (χ3n) is 5.87. The topological polar surface area (TPSA) is 120 Å². The molecule has 2 amide bonds. The minimum absolute atomic E-state index is 0.0479. The SMILES string of the molecule is C[C@@H]1C[C@H](N2C(=N)N[C@](C)(c3cccc(NC(=O)c4cnccn4)c3Cl)CC2=O)CCO1. The van der Waals surface area contributed by atoms with Crippen LogP contribution in [-0.4, -0.2) is 51.4 Å². The number of ether oxygens (including phenoxy) is 1. The number of carbonyl (C=O) groups excluding carboxylic acids is 2. The van der Waals surface area contributed by atoms with Crippen LogP contribution in [0, 0.1) is 5.41 Å². The van der Waals surface area contributed by atoms with Gasteiger partial charge < -0.3 is 15.4 Å². The summed E-state index contributed by atoms with van der Waals surface area (Å²) in [6.45, 7) is 4.38. The van der Waals surface area contributed by atoms with Gasteiger partial charge in [-0.25, -0.2) is 4.98 Å². The van der Waals surface area contributed by atoms with E-state index in [9.17, 15) is 9.59 Å². The second-order valence-corrected chi connectivity index (χ2v) is 8.70. The molecule has 2 aliphatic heterocycles. The van der Waals surface area contributed by atoms with Crippen molar-refractivity contribution in [2.24, 2.45) is 0 Å². The fraction of sp³-hybridized carbons (Fsp3) is 0.409. The molecule has 0 unspecified atom stereocenters. The highest BCUT2D eigenvalue weighted by molar-refractivity contribution is 6.35. The maximum Gasteiger partial charge on any atom is 0.275 e. The van der Waals surface area contributed by atoms with Gasteiger partial charge in [-0.05, 0) is 38.3 Å². The number of halogens is 1. The van der Waals surface area contributed by atoms with Gasteiger partial charge in [0.1, 0.15) is 5.69 Å². The summed E-state index contributed by atoms with van der Waals surface area (Å²) in [6.07, 6.45) is 5.84. The Kier molecular flexibility index (Phi) is 6.12.